The van der Waals surface area contributed by atoms with Gasteiger partial charge < -0.3 is 15.9 Å². The lowest BCUT2D eigenvalue weighted by atomic mass is 9.95. The molecule has 26 heavy (non-hydrogen) atoms. The maximum atomic E-state index is 11.3. The lowest BCUT2D eigenvalue weighted by molar-refractivity contribution is -0.132. The molecule has 0 spiro atoms. The van der Waals surface area contributed by atoms with E-state index in [0.717, 1.165) is 11.1 Å². The number of hydrogen-bond acceptors (Lipinski definition) is 4. The summed E-state index contributed by atoms with van der Waals surface area (Å²) in [5.74, 6) is -1.62. The van der Waals surface area contributed by atoms with Crippen LogP contribution in [0.25, 0.3) is 16.7 Å². The molecule has 130 valence electrons. The van der Waals surface area contributed by atoms with Crippen LogP contribution in [0, 0.1) is 11.3 Å². The van der Waals surface area contributed by atoms with E-state index in [-0.39, 0.29) is 11.3 Å². The van der Waals surface area contributed by atoms with Crippen LogP contribution in [0.5, 0.6) is 0 Å². The quantitative estimate of drug-likeness (QED) is 0.324. The predicted molar refractivity (Wildman–Crippen MR) is 102 cm³/mol. The Hall–Kier alpha value is -3.78. The predicted octanol–water partition coefficient (Wildman–Crippen LogP) is 4.29. The van der Waals surface area contributed by atoms with Gasteiger partial charge in [-0.1, -0.05) is 30.8 Å². The average molecular weight is 346 g/mol. The van der Waals surface area contributed by atoms with E-state index in [1.54, 1.807) is 36.4 Å². The van der Waals surface area contributed by atoms with E-state index in [2.05, 4.69) is 12.6 Å². The Kier molecular flexibility index (Phi) is 5.61. The average Bonchev–Trinajstić information content (AvgIpc) is 2.64. The van der Waals surface area contributed by atoms with Gasteiger partial charge in [0.25, 0.3) is 0 Å². The molecule has 2 rings (SSSR count). The summed E-state index contributed by atoms with van der Waals surface area (Å²) < 4.78 is 0. The number of nitrogens with zero attached hydrogens (tertiary/aromatic N) is 1. The summed E-state index contributed by atoms with van der Waals surface area (Å²) in [4.78, 5) is 11.3. The number of carbonyl (C=O) groups is 1. The van der Waals surface area contributed by atoms with Crippen LogP contribution in [-0.2, 0) is 4.79 Å². The Labute approximate surface area is 151 Å². The second-order valence-electron chi connectivity index (χ2n) is 5.56. The van der Waals surface area contributed by atoms with Crippen molar-refractivity contribution in [2.75, 3.05) is 5.73 Å². The highest BCUT2D eigenvalue weighted by molar-refractivity contribution is 5.95. The first-order valence-corrected chi connectivity index (χ1v) is 7.77. The molecule has 0 amide bonds. The molecule has 0 radical (unpaired) electrons. The highest BCUT2D eigenvalue weighted by atomic mass is 16.4. The van der Waals surface area contributed by atoms with Crippen LogP contribution in [0.2, 0.25) is 0 Å². The number of carboxylic acids is 1. The second kappa shape index (κ2) is 7.86. The first-order valence-electron chi connectivity index (χ1n) is 7.77. The van der Waals surface area contributed by atoms with Gasteiger partial charge in [0.2, 0.25) is 0 Å². The Morgan fingerprint density at radius 2 is 1.96 bits per heavy atom. The fourth-order valence-corrected chi connectivity index (χ4v) is 2.45. The van der Waals surface area contributed by atoms with Crippen molar-refractivity contribution in [1.82, 2.24) is 0 Å². The van der Waals surface area contributed by atoms with Gasteiger partial charge in [-0.2, -0.15) is 5.26 Å². The van der Waals surface area contributed by atoms with Gasteiger partial charge in [0.05, 0.1) is 11.6 Å². The lowest BCUT2D eigenvalue weighted by Crippen LogP contribution is -2.03. The van der Waals surface area contributed by atoms with E-state index in [0.29, 0.717) is 22.4 Å². The number of nitrogens with two attached hydrogens (primary N) is 1. The Bertz CT molecular complexity index is 979. The summed E-state index contributed by atoms with van der Waals surface area (Å²) in [6.45, 7) is 5.38. The van der Waals surface area contributed by atoms with Crippen molar-refractivity contribution in [3.63, 3.8) is 0 Å². The number of anilines is 1. The molecule has 5 heteroatoms. The van der Waals surface area contributed by atoms with Crippen LogP contribution in [-0.4, -0.2) is 16.2 Å². The van der Waals surface area contributed by atoms with E-state index in [9.17, 15) is 20.3 Å². The van der Waals surface area contributed by atoms with Crippen LogP contribution in [0.3, 0.4) is 0 Å². The Morgan fingerprint density at radius 3 is 2.54 bits per heavy atom. The molecule has 0 aromatic heterocycles. The number of aliphatic carboxylic acids is 1. The van der Waals surface area contributed by atoms with Gasteiger partial charge in [0, 0.05) is 5.69 Å². The van der Waals surface area contributed by atoms with Crippen molar-refractivity contribution in [2.45, 2.75) is 6.92 Å². The van der Waals surface area contributed by atoms with E-state index in [1.807, 2.05) is 6.07 Å². The third kappa shape index (κ3) is 4.00. The molecule has 0 saturated carbocycles. The summed E-state index contributed by atoms with van der Waals surface area (Å²) in [5, 5.41) is 28.4. The minimum Gasteiger partial charge on any atom is -0.507 e. The summed E-state index contributed by atoms with van der Waals surface area (Å²) in [6.07, 6.45) is 2.56. The fraction of sp³-hybridized carbons (Fsp3) is 0.0476. The minimum atomic E-state index is -1.27. The number of allylic oxidation sites excluding steroid dienone is 3. The number of nitriles is 1. The number of benzene rings is 2. The zero-order valence-corrected chi connectivity index (χ0v) is 14.2. The maximum Gasteiger partial charge on any atom is 0.339 e. The molecule has 0 fully saturated rings. The van der Waals surface area contributed by atoms with E-state index >= 15 is 0 Å². The summed E-state index contributed by atoms with van der Waals surface area (Å²) in [5.41, 5.74) is 9.02. The second-order valence-corrected chi connectivity index (χ2v) is 5.56. The van der Waals surface area contributed by atoms with E-state index in [4.69, 9.17) is 5.73 Å². The number of carboxylic acid groups (broad SMARTS) is 1. The molecular formula is C21H18N2O3. The van der Waals surface area contributed by atoms with Crippen molar-refractivity contribution in [3.05, 3.63) is 83.7 Å². The van der Waals surface area contributed by atoms with Crippen molar-refractivity contribution >= 4 is 17.2 Å². The minimum absolute atomic E-state index is 0.268. The third-order valence-electron chi connectivity index (χ3n) is 3.81. The van der Waals surface area contributed by atoms with Gasteiger partial charge in [-0.25, -0.2) is 4.79 Å². The van der Waals surface area contributed by atoms with Gasteiger partial charge in [-0.05, 0) is 59.5 Å². The van der Waals surface area contributed by atoms with Gasteiger partial charge in [0.15, 0.2) is 0 Å². The number of rotatable bonds is 5. The van der Waals surface area contributed by atoms with E-state index in [1.165, 1.54) is 19.1 Å². The molecular weight excluding hydrogens is 328 g/mol. The first kappa shape index (κ1) is 18.6. The van der Waals surface area contributed by atoms with Gasteiger partial charge in [0.1, 0.15) is 11.3 Å². The van der Waals surface area contributed by atoms with Crippen LogP contribution in [0.4, 0.5) is 5.69 Å². The number of hydrogen-bond donors (Lipinski definition) is 3. The molecule has 5 nitrogen and oxygen atoms in total. The molecule has 0 atom stereocenters. The zero-order chi connectivity index (χ0) is 19.3. The summed E-state index contributed by atoms with van der Waals surface area (Å²) in [7, 11) is 0. The van der Waals surface area contributed by atoms with Crippen LogP contribution in [0.15, 0.2) is 72.5 Å². The highest BCUT2D eigenvalue weighted by Crippen LogP contribution is 2.28. The molecule has 0 saturated heterocycles. The SMILES string of the molecule is C=C(/C=C(C(=O)O)\C(O)=C/C)c1ccc(-c2cccc(N)c2)c(C#N)c1. The Balaban J connectivity index is 2.48. The van der Waals surface area contributed by atoms with Crippen molar-refractivity contribution in [1.29, 1.82) is 5.26 Å². The standard InChI is InChI=1S/C21H18N2O3/c1-3-20(24)19(21(25)26)9-13(2)14-7-8-18(16(10-14)12-22)15-5-4-6-17(23)11-15/h3-11,24H,2,23H2,1H3,(H,25,26)/b19-9+,20-3+. The molecule has 2 aromatic rings. The maximum absolute atomic E-state index is 11.3. The summed E-state index contributed by atoms with van der Waals surface area (Å²) >= 11 is 0. The molecule has 4 N–H and O–H groups in total. The van der Waals surface area contributed by atoms with Crippen LogP contribution < -0.4 is 5.73 Å². The third-order valence-corrected chi connectivity index (χ3v) is 3.81. The topological polar surface area (TPSA) is 107 Å². The molecule has 2 aromatic carbocycles. The molecule has 0 aliphatic carbocycles. The normalized spacial score (nSPS) is 11.7. The Morgan fingerprint density at radius 1 is 1.23 bits per heavy atom. The fourth-order valence-electron chi connectivity index (χ4n) is 2.45. The van der Waals surface area contributed by atoms with Crippen molar-refractivity contribution in [2.24, 2.45) is 0 Å². The first-order chi connectivity index (χ1) is 12.4. The highest BCUT2D eigenvalue weighted by Gasteiger charge is 2.13. The monoisotopic (exact) mass is 346 g/mol. The molecule has 0 bridgehead atoms. The smallest absolute Gasteiger partial charge is 0.339 e. The van der Waals surface area contributed by atoms with Crippen molar-refractivity contribution < 1.29 is 15.0 Å². The molecule has 0 aliphatic rings. The van der Waals surface area contributed by atoms with Crippen LogP contribution >= 0.6 is 0 Å². The zero-order valence-electron chi connectivity index (χ0n) is 14.2. The number of aliphatic hydroxyl groups is 1. The summed E-state index contributed by atoms with van der Waals surface area (Å²) in [6, 6.07) is 14.5. The molecule has 0 unspecified atom stereocenters. The lowest BCUT2D eigenvalue weighted by Gasteiger charge is -2.09. The van der Waals surface area contributed by atoms with Gasteiger partial charge in [-0.15, -0.1) is 0 Å². The molecule has 0 aliphatic heterocycles. The number of nitrogen functional groups attached to an aromatic ring is 1. The largest absolute Gasteiger partial charge is 0.507 e. The van der Waals surface area contributed by atoms with Gasteiger partial charge >= 0.3 is 5.97 Å². The van der Waals surface area contributed by atoms with Crippen molar-refractivity contribution in [3.8, 4) is 17.2 Å². The van der Waals surface area contributed by atoms with Crippen LogP contribution in [0.1, 0.15) is 18.1 Å². The number of aliphatic hydroxyl groups excluding tert-OH is 1. The van der Waals surface area contributed by atoms with Gasteiger partial charge in [-0.3, -0.25) is 0 Å². The van der Waals surface area contributed by atoms with E-state index < -0.39 is 5.97 Å². The molecule has 0 heterocycles.